The van der Waals surface area contributed by atoms with Crippen molar-refractivity contribution in [3.8, 4) is 23.3 Å². The minimum absolute atomic E-state index is 0.0252. The van der Waals surface area contributed by atoms with Gasteiger partial charge in [-0.3, -0.25) is 0 Å². The minimum Gasteiger partial charge on any atom is -0.441 e. The van der Waals surface area contributed by atoms with Crippen LogP contribution >= 0.6 is 11.6 Å². The van der Waals surface area contributed by atoms with E-state index in [0.717, 1.165) is 0 Å². The Labute approximate surface area is 138 Å². The number of hydrogen-bond acceptors (Lipinski definition) is 7. The molecule has 0 aliphatic heterocycles. The zero-order chi connectivity index (χ0) is 16.7. The van der Waals surface area contributed by atoms with E-state index in [1.807, 2.05) is 0 Å². The average molecular weight is 347 g/mol. The molecule has 0 saturated carbocycles. The van der Waals surface area contributed by atoms with Crippen molar-refractivity contribution in [1.82, 2.24) is 24.6 Å². The summed E-state index contributed by atoms with van der Waals surface area (Å²) in [5.74, 6) is 0.0947. The fourth-order valence-electron chi connectivity index (χ4n) is 2.00. The molecule has 3 heterocycles. The van der Waals surface area contributed by atoms with Crippen LogP contribution in [0.3, 0.4) is 0 Å². The molecule has 4 aromatic rings. The Bertz CT molecular complexity index is 1050. The van der Waals surface area contributed by atoms with Gasteiger partial charge in [-0.05, 0) is 35.9 Å². The van der Waals surface area contributed by atoms with E-state index < -0.39 is 5.82 Å². The van der Waals surface area contributed by atoms with Crippen molar-refractivity contribution in [3.05, 3.63) is 47.4 Å². The molecule has 0 amide bonds. The number of nitrogen functional groups attached to an aromatic ring is 1. The normalized spacial score (nSPS) is 11.1. The number of hydrogen-bond donors (Lipinski definition) is 1. The first kappa shape index (κ1) is 14.4. The smallest absolute Gasteiger partial charge is 0.328 e. The molecule has 120 valence electrons. The molecule has 0 unspecified atom stereocenters. The Morgan fingerprint density at radius 3 is 2.71 bits per heavy atom. The van der Waals surface area contributed by atoms with Gasteiger partial charge in [-0.15, -0.1) is 5.10 Å². The highest BCUT2D eigenvalue weighted by molar-refractivity contribution is 6.28. The van der Waals surface area contributed by atoms with E-state index in [1.165, 1.54) is 16.6 Å². The third-order valence-electron chi connectivity index (χ3n) is 3.04. The molecule has 0 spiro atoms. The van der Waals surface area contributed by atoms with Gasteiger partial charge in [0.1, 0.15) is 0 Å². The SMILES string of the molecule is Nc1nc(Oc2ccccc2F)nc2nc(-c3ccc(Cl)o3)nn12. The molecule has 0 radical (unpaired) electrons. The van der Waals surface area contributed by atoms with Crippen molar-refractivity contribution in [3.63, 3.8) is 0 Å². The van der Waals surface area contributed by atoms with E-state index in [0.29, 0.717) is 5.76 Å². The topological polar surface area (TPSA) is 104 Å². The van der Waals surface area contributed by atoms with E-state index in [9.17, 15) is 4.39 Å². The van der Waals surface area contributed by atoms with Crippen LogP contribution in [0, 0.1) is 5.82 Å². The molecule has 0 bridgehead atoms. The summed E-state index contributed by atoms with van der Waals surface area (Å²) in [6.07, 6.45) is 0. The third kappa shape index (κ3) is 2.50. The Morgan fingerprint density at radius 2 is 1.96 bits per heavy atom. The first-order chi connectivity index (χ1) is 11.6. The zero-order valence-electron chi connectivity index (χ0n) is 11.8. The van der Waals surface area contributed by atoms with E-state index >= 15 is 0 Å². The van der Waals surface area contributed by atoms with E-state index in [-0.39, 0.29) is 34.5 Å². The number of ether oxygens (including phenoxy) is 1. The number of aromatic nitrogens is 5. The predicted octanol–water partition coefficient (Wildman–Crippen LogP) is 2.95. The Balaban J connectivity index is 1.75. The molecule has 0 aliphatic carbocycles. The van der Waals surface area contributed by atoms with Gasteiger partial charge in [-0.2, -0.15) is 19.5 Å². The summed E-state index contributed by atoms with van der Waals surface area (Å²) in [4.78, 5) is 12.2. The molecular formula is C14H8ClFN6O2. The lowest BCUT2D eigenvalue weighted by atomic mass is 10.3. The fourth-order valence-corrected chi connectivity index (χ4v) is 2.14. The van der Waals surface area contributed by atoms with Crippen LogP contribution in [0.15, 0.2) is 40.8 Å². The number of nitrogens with two attached hydrogens (primary N) is 1. The summed E-state index contributed by atoms with van der Waals surface area (Å²) in [5, 5.41) is 4.34. The zero-order valence-corrected chi connectivity index (χ0v) is 12.6. The van der Waals surface area contributed by atoms with Gasteiger partial charge in [-0.25, -0.2) is 4.39 Å². The first-order valence-electron chi connectivity index (χ1n) is 6.68. The lowest BCUT2D eigenvalue weighted by Crippen LogP contribution is -2.05. The van der Waals surface area contributed by atoms with Crippen LogP contribution in [-0.2, 0) is 0 Å². The van der Waals surface area contributed by atoms with Crippen LogP contribution in [0.5, 0.6) is 11.8 Å². The number of halogens is 2. The Kier molecular flexibility index (Phi) is 3.28. The van der Waals surface area contributed by atoms with Gasteiger partial charge in [0.15, 0.2) is 22.5 Å². The molecular weight excluding hydrogens is 339 g/mol. The second kappa shape index (κ2) is 5.46. The third-order valence-corrected chi connectivity index (χ3v) is 3.25. The summed E-state index contributed by atoms with van der Waals surface area (Å²) in [6.45, 7) is 0. The molecule has 4 rings (SSSR count). The second-order valence-electron chi connectivity index (χ2n) is 4.65. The second-order valence-corrected chi connectivity index (χ2v) is 5.02. The quantitative estimate of drug-likeness (QED) is 0.608. The molecule has 3 aromatic heterocycles. The molecule has 24 heavy (non-hydrogen) atoms. The van der Waals surface area contributed by atoms with Gasteiger partial charge < -0.3 is 14.9 Å². The average Bonchev–Trinajstić information content (AvgIpc) is 3.16. The molecule has 1 aromatic carbocycles. The number of nitrogens with zero attached hydrogens (tertiary/aromatic N) is 5. The number of furan rings is 1. The maximum absolute atomic E-state index is 13.6. The van der Waals surface area contributed by atoms with Crippen LogP contribution in [0.25, 0.3) is 17.4 Å². The van der Waals surface area contributed by atoms with Gasteiger partial charge in [0.25, 0.3) is 5.78 Å². The molecule has 0 aliphatic rings. The molecule has 10 heteroatoms. The maximum atomic E-state index is 13.6. The fraction of sp³-hybridized carbons (Fsp3) is 0. The van der Waals surface area contributed by atoms with Crippen molar-refractivity contribution < 1.29 is 13.5 Å². The lowest BCUT2D eigenvalue weighted by molar-refractivity contribution is 0.411. The summed E-state index contributed by atoms with van der Waals surface area (Å²) >= 11 is 5.73. The standard InChI is InChI=1S/C14H8ClFN6O2/c15-10-6-5-9(23-10)11-18-13-20-14(19-12(17)22(13)21-11)24-8-4-2-1-3-7(8)16/h1-6H,(H2,17,18,19,20,21). The molecule has 0 saturated heterocycles. The Morgan fingerprint density at radius 1 is 1.12 bits per heavy atom. The maximum Gasteiger partial charge on any atom is 0.328 e. The lowest BCUT2D eigenvalue weighted by Gasteiger charge is -2.05. The van der Waals surface area contributed by atoms with Gasteiger partial charge in [-0.1, -0.05) is 12.1 Å². The largest absolute Gasteiger partial charge is 0.441 e. The summed E-state index contributed by atoms with van der Waals surface area (Å²) in [7, 11) is 0. The number of benzene rings is 1. The highest BCUT2D eigenvalue weighted by Gasteiger charge is 2.16. The highest BCUT2D eigenvalue weighted by Crippen LogP contribution is 2.25. The molecule has 2 N–H and O–H groups in total. The van der Waals surface area contributed by atoms with E-state index in [1.54, 1.807) is 24.3 Å². The number of fused-ring (bicyclic) bond motifs is 1. The van der Waals surface area contributed by atoms with Crippen LogP contribution in [0.4, 0.5) is 10.3 Å². The summed E-state index contributed by atoms with van der Waals surface area (Å²) in [6, 6.07) is 8.88. The van der Waals surface area contributed by atoms with Crippen molar-refractivity contribution in [1.29, 1.82) is 0 Å². The van der Waals surface area contributed by atoms with Crippen molar-refractivity contribution in [2.75, 3.05) is 5.73 Å². The predicted molar refractivity (Wildman–Crippen MR) is 82.2 cm³/mol. The minimum atomic E-state index is -0.549. The van der Waals surface area contributed by atoms with Crippen molar-refractivity contribution >= 4 is 23.3 Å². The molecule has 0 atom stereocenters. The van der Waals surface area contributed by atoms with Gasteiger partial charge >= 0.3 is 6.01 Å². The van der Waals surface area contributed by atoms with Crippen LogP contribution in [-0.4, -0.2) is 24.6 Å². The molecule has 0 fully saturated rings. The van der Waals surface area contributed by atoms with Crippen molar-refractivity contribution in [2.45, 2.75) is 0 Å². The first-order valence-corrected chi connectivity index (χ1v) is 7.06. The number of para-hydroxylation sites is 1. The van der Waals surface area contributed by atoms with Gasteiger partial charge in [0.2, 0.25) is 11.8 Å². The van der Waals surface area contributed by atoms with Crippen LogP contribution in [0.1, 0.15) is 0 Å². The Hall–Kier alpha value is -3.20. The summed E-state index contributed by atoms with van der Waals surface area (Å²) < 4.78 is 25.4. The van der Waals surface area contributed by atoms with Crippen molar-refractivity contribution in [2.24, 2.45) is 0 Å². The molecule has 8 nitrogen and oxygen atoms in total. The summed E-state index contributed by atoms with van der Waals surface area (Å²) in [5.41, 5.74) is 5.82. The van der Waals surface area contributed by atoms with Gasteiger partial charge in [0, 0.05) is 0 Å². The highest BCUT2D eigenvalue weighted by atomic mass is 35.5. The van der Waals surface area contributed by atoms with Gasteiger partial charge in [0.05, 0.1) is 0 Å². The van der Waals surface area contributed by atoms with E-state index in [4.69, 9.17) is 26.5 Å². The number of anilines is 1. The van der Waals surface area contributed by atoms with Crippen LogP contribution < -0.4 is 10.5 Å². The van der Waals surface area contributed by atoms with Crippen LogP contribution in [0.2, 0.25) is 5.22 Å². The number of rotatable bonds is 3. The monoisotopic (exact) mass is 346 g/mol. The van der Waals surface area contributed by atoms with E-state index in [2.05, 4.69) is 20.1 Å².